The molecule has 1 fully saturated rings. The number of allylic oxidation sites excluding steroid dienone is 6. The van der Waals surface area contributed by atoms with Crippen LogP contribution in [-0.4, -0.2) is 18.9 Å². The van der Waals surface area contributed by atoms with E-state index in [-0.39, 0.29) is 5.78 Å². The van der Waals surface area contributed by atoms with E-state index >= 15 is 0 Å². The summed E-state index contributed by atoms with van der Waals surface area (Å²) in [5, 5.41) is 3.33. The summed E-state index contributed by atoms with van der Waals surface area (Å²) in [4.78, 5) is 12.7. The lowest BCUT2D eigenvalue weighted by Crippen LogP contribution is -2.32. The molecule has 1 aromatic rings. The van der Waals surface area contributed by atoms with Gasteiger partial charge in [-0.2, -0.15) is 0 Å². The number of rotatable bonds is 8. The first kappa shape index (κ1) is 25.6. The highest BCUT2D eigenvalue weighted by molar-refractivity contribution is 6.12. The molecule has 1 heterocycles. The SMILES string of the molecule is C=C\C(=C/C=C/C=C1\CNC/C(=C\c2ccc(CCC)cc2)C1=O)CCC.CCC. The van der Waals surface area contributed by atoms with Crippen LogP contribution >= 0.6 is 0 Å². The monoisotopic (exact) mass is 405 g/mol. The van der Waals surface area contributed by atoms with Crippen LogP contribution in [0.4, 0.5) is 0 Å². The van der Waals surface area contributed by atoms with Gasteiger partial charge < -0.3 is 5.32 Å². The normalized spacial score (nSPS) is 17.3. The Morgan fingerprint density at radius 3 is 2.27 bits per heavy atom. The number of hydrogen-bond donors (Lipinski definition) is 1. The fourth-order valence-electron chi connectivity index (χ4n) is 3.11. The maximum absolute atomic E-state index is 12.7. The van der Waals surface area contributed by atoms with Gasteiger partial charge in [-0.05, 0) is 35.6 Å². The topological polar surface area (TPSA) is 29.1 Å². The molecule has 1 aliphatic heterocycles. The van der Waals surface area contributed by atoms with Crippen molar-refractivity contribution in [3.63, 3.8) is 0 Å². The minimum Gasteiger partial charge on any atom is -0.308 e. The van der Waals surface area contributed by atoms with E-state index in [2.05, 4.69) is 69.9 Å². The van der Waals surface area contributed by atoms with Crippen molar-refractivity contribution in [1.82, 2.24) is 5.32 Å². The van der Waals surface area contributed by atoms with Crippen molar-refractivity contribution in [3.8, 4) is 0 Å². The average Bonchev–Trinajstić information content (AvgIpc) is 2.75. The van der Waals surface area contributed by atoms with E-state index in [0.29, 0.717) is 13.1 Å². The number of Topliss-reactive ketones (excluding diaryl/α,β-unsaturated/α-hetero) is 1. The molecule has 0 spiro atoms. The molecule has 1 aromatic carbocycles. The molecule has 0 amide bonds. The Kier molecular flexibility index (Phi) is 13.1. The molecule has 162 valence electrons. The smallest absolute Gasteiger partial charge is 0.187 e. The molecule has 30 heavy (non-hydrogen) atoms. The lowest BCUT2D eigenvalue weighted by atomic mass is 9.96. The third-order valence-corrected chi connectivity index (χ3v) is 4.59. The second kappa shape index (κ2) is 15.4. The quantitative estimate of drug-likeness (QED) is 0.372. The van der Waals surface area contributed by atoms with Crippen LogP contribution < -0.4 is 5.32 Å². The minimum atomic E-state index is 0.137. The molecule has 0 aromatic heterocycles. The molecule has 0 saturated carbocycles. The van der Waals surface area contributed by atoms with Crippen LogP contribution in [0, 0.1) is 0 Å². The first-order valence-corrected chi connectivity index (χ1v) is 11.3. The van der Waals surface area contributed by atoms with Gasteiger partial charge in [-0.1, -0.05) is 108 Å². The van der Waals surface area contributed by atoms with E-state index in [1.165, 1.54) is 17.6 Å². The van der Waals surface area contributed by atoms with Gasteiger partial charge in [-0.15, -0.1) is 0 Å². The van der Waals surface area contributed by atoms with Gasteiger partial charge in [0, 0.05) is 24.2 Å². The van der Waals surface area contributed by atoms with Crippen molar-refractivity contribution in [1.29, 1.82) is 0 Å². The number of benzene rings is 1. The van der Waals surface area contributed by atoms with Gasteiger partial charge in [0.2, 0.25) is 0 Å². The maximum Gasteiger partial charge on any atom is 0.187 e. The van der Waals surface area contributed by atoms with Crippen LogP contribution in [0.25, 0.3) is 6.08 Å². The molecule has 0 bridgehead atoms. The number of hydrogen-bond acceptors (Lipinski definition) is 2. The lowest BCUT2D eigenvalue weighted by molar-refractivity contribution is -0.112. The summed E-state index contributed by atoms with van der Waals surface area (Å²) in [6.45, 7) is 13.7. The summed E-state index contributed by atoms with van der Waals surface area (Å²) in [5.41, 5.74) is 5.25. The predicted molar refractivity (Wildman–Crippen MR) is 133 cm³/mol. The zero-order valence-electron chi connectivity index (χ0n) is 19.3. The summed E-state index contributed by atoms with van der Waals surface area (Å²) in [6, 6.07) is 8.49. The first-order valence-electron chi connectivity index (χ1n) is 11.3. The van der Waals surface area contributed by atoms with Crippen molar-refractivity contribution < 1.29 is 4.79 Å². The molecule has 1 saturated heterocycles. The summed E-state index contributed by atoms with van der Waals surface area (Å²) < 4.78 is 0. The second-order valence-electron chi connectivity index (χ2n) is 7.57. The summed E-state index contributed by atoms with van der Waals surface area (Å²) >= 11 is 0. The van der Waals surface area contributed by atoms with Crippen LogP contribution in [0.3, 0.4) is 0 Å². The van der Waals surface area contributed by atoms with Crippen LogP contribution in [0.15, 0.2) is 77.9 Å². The Balaban J connectivity index is 0.00000141. The van der Waals surface area contributed by atoms with Gasteiger partial charge in [-0.3, -0.25) is 4.79 Å². The summed E-state index contributed by atoms with van der Waals surface area (Å²) in [6.07, 6.45) is 17.4. The molecule has 0 radical (unpaired) electrons. The van der Waals surface area contributed by atoms with Crippen molar-refractivity contribution in [2.75, 3.05) is 13.1 Å². The standard InChI is InChI=1S/C25H31NO.C3H8/c1-4-9-20(6-3)11-7-8-12-23-18-26-19-24(25(23)27)17-22-15-13-21(10-5-2)14-16-22;1-3-2/h6-8,11-17,26H,3-5,9-10,18-19H2,1-2H3;3H2,1-2H3/b8-7+,20-11+,23-12+,24-17+;. The van der Waals surface area contributed by atoms with E-state index in [4.69, 9.17) is 0 Å². The summed E-state index contributed by atoms with van der Waals surface area (Å²) in [5.74, 6) is 0.137. The van der Waals surface area contributed by atoms with E-state index < -0.39 is 0 Å². The third kappa shape index (κ3) is 9.37. The van der Waals surface area contributed by atoms with Crippen molar-refractivity contribution >= 4 is 11.9 Å². The lowest BCUT2D eigenvalue weighted by Gasteiger charge is -2.17. The Hall–Kier alpha value is -2.45. The van der Waals surface area contributed by atoms with Gasteiger partial charge in [-0.25, -0.2) is 0 Å². The molecule has 2 rings (SSSR count). The molecular formula is C28H39NO. The van der Waals surface area contributed by atoms with E-state index in [0.717, 1.165) is 42.4 Å². The molecule has 1 N–H and O–H groups in total. The highest BCUT2D eigenvalue weighted by Crippen LogP contribution is 2.16. The fraction of sp³-hybridized carbons (Fsp3) is 0.393. The number of aryl methyl sites for hydroxylation is 1. The number of carbonyl (C=O) groups is 1. The average molecular weight is 406 g/mol. The van der Waals surface area contributed by atoms with E-state index in [1.807, 2.05) is 30.4 Å². The predicted octanol–water partition coefficient (Wildman–Crippen LogP) is 7.01. The van der Waals surface area contributed by atoms with Crippen molar-refractivity contribution in [2.24, 2.45) is 0 Å². The fourth-order valence-corrected chi connectivity index (χ4v) is 3.11. The molecule has 0 aliphatic carbocycles. The molecule has 1 aliphatic rings. The minimum absolute atomic E-state index is 0.137. The Bertz CT molecular complexity index is 775. The zero-order valence-corrected chi connectivity index (χ0v) is 19.3. The Morgan fingerprint density at radius 2 is 1.67 bits per heavy atom. The third-order valence-electron chi connectivity index (χ3n) is 4.59. The van der Waals surface area contributed by atoms with Gasteiger partial charge in [0.15, 0.2) is 5.78 Å². The summed E-state index contributed by atoms with van der Waals surface area (Å²) in [7, 11) is 0. The number of carbonyl (C=O) groups excluding carboxylic acids is 1. The highest BCUT2D eigenvalue weighted by Gasteiger charge is 2.19. The second-order valence-corrected chi connectivity index (χ2v) is 7.57. The molecule has 0 unspecified atom stereocenters. The number of nitrogens with one attached hydrogen (secondary N) is 1. The molecule has 2 nitrogen and oxygen atoms in total. The number of piperidine rings is 1. The van der Waals surface area contributed by atoms with Crippen molar-refractivity contribution in [3.05, 3.63) is 89.1 Å². The van der Waals surface area contributed by atoms with Crippen LogP contribution in [0.1, 0.15) is 64.5 Å². The van der Waals surface area contributed by atoms with E-state index in [9.17, 15) is 4.79 Å². The van der Waals surface area contributed by atoms with Gasteiger partial charge in [0.05, 0.1) is 0 Å². The molecular weight excluding hydrogens is 366 g/mol. The zero-order chi connectivity index (χ0) is 22.2. The van der Waals surface area contributed by atoms with Crippen LogP contribution in [0.5, 0.6) is 0 Å². The first-order chi connectivity index (χ1) is 14.6. The van der Waals surface area contributed by atoms with Gasteiger partial charge in [0.25, 0.3) is 0 Å². The maximum atomic E-state index is 12.7. The number of ketones is 1. The van der Waals surface area contributed by atoms with Gasteiger partial charge >= 0.3 is 0 Å². The highest BCUT2D eigenvalue weighted by atomic mass is 16.1. The van der Waals surface area contributed by atoms with E-state index in [1.54, 1.807) is 0 Å². The van der Waals surface area contributed by atoms with Crippen LogP contribution in [0.2, 0.25) is 0 Å². The molecule has 0 atom stereocenters. The molecule has 2 heteroatoms. The van der Waals surface area contributed by atoms with Crippen LogP contribution in [-0.2, 0) is 11.2 Å². The Labute approximate surface area is 184 Å². The van der Waals surface area contributed by atoms with Crippen molar-refractivity contribution in [2.45, 2.75) is 59.8 Å². The largest absolute Gasteiger partial charge is 0.308 e. The Morgan fingerprint density at radius 1 is 1.00 bits per heavy atom. The van der Waals surface area contributed by atoms with Gasteiger partial charge in [0.1, 0.15) is 0 Å².